The molecule has 6 aromatic rings. The number of rotatable bonds is 30. The Balaban J connectivity index is 0.000000158. The lowest BCUT2D eigenvalue weighted by molar-refractivity contribution is -0.176. The van der Waals surface area contributed by atoms with Gasteiger partial charge in [-0.2, -0.15) is 26.3 Å². The molecular weight excluding hydrogens is 1960 g/mol. The van der Waals surface area contributed by atoms with E-state index in [-0.39, 0.29) is 35.4 Å². The monoisotopic (exact) mass is 2080 g/mol. The number of terminal acetylenes is 1. The number of nitriles is 5. The summed E-state index contributed by atoms with van der Waals surface area (Å²) in [5, 5.41) is 47.7. The highest BCUT2D eigenvalue weighted by Crippen LogP contribution is 2.57. The number of phosphoric ester groups is 3. The first kappa shape index (κ1) is 108. The molecule has 0 radical (unpaired) electrons. The van der Waals surface area contributed by atoms with E-state index in [0.29, 0.717) is 218 Å². The van der Waals surface area contributed by atoms with Crippen molar-refractivity contribution in [2.45, 2.75) is 267 Å². The number of ether oxygens (including phenoxy) is 12. The van der Waals surface area contributed by atoms with Gasteiger partial charge < -0.3 is 101 Å². The van der Waals surface area contributed by atoms with Crippen LogP contribution < -0.4 is 28.4 Å². The lowest BCUT2D eigenvalue weighted by Crippen LogP contribution is -2.55. The molecule has 6 fully saturated rings. The number of hydrogen-bond donors (Lipinski definition) is 3. The fourth-order valence-corrected chi connectivity index (χ4v) is 23.0. The van der Waals surface area contributed by atoms with Gasteiger partial charge in [0.05, 0.1) is 94.4 Å². The number of phosphoric acid groups is 3. The van der Waals surface area contributed by atoms with Crippen LogP contribution >= 0.6 is 23.5 Å². The second-order valence-corrected chi connectivity index (χ2v) is 45.0. The predicted octanol–water partition coefficient (Wildman–Crippen LogP) is 14.0. The number of likely N-dealkylation sites (tertiary alicyclic amines) is 6. The Morgan fingerprint density at radius 3 is 0.571 bits per heavy atom. The molecule has 41 nitrogen and oxygen atoms in total. The minimum Gasteiger partial charge on any atom is -0.485 e. The summed E-state index contributed by atoms with van der Waals surface area (Å²) in [6.07, 6.45) is 6.90. The first-order chi connectivity index (χ1) is 69.7. The van der Waals surface area contributed by atoms with Crippen LogP contribution in [-0.2, 0) is 98.0 Å². The molecule has 3 N–H and O–H groups in total. The van der Waals surface area contributed by atoms with Gasteiger partial charge in [-0.3, -0.25) is 55.9 Å². The van der Waals surface area contributed by atoms with Gasteiger partial charge >= 0.3 is 23.5 Å². The molecule has 6 saturated heterocycles. The van der Waals surface area contributed by atoms with E-state index in [1.165, 1.54) is 0 Å². The molecule has 44 heteroatoms. The summed E-state index contributed by atoms with van der Waals surface area (Å²) in [4.78, 5) is 120. The van der Waals surface area contributed by atoms with Gasteiger partial charge in [-0.15, -0.1) is 6.42 Å². The van der Waals surface area contributed by atoms with Gasteiger partial charge in [-0.25, -0.2) is 13.7 Å². The lowest BCUT2D eigenvalue weighted by Gasteiger charge is -2.47. The Hall–Kier alpha value is -12.0. The van der Waals surface area contributed by atoms with Crippen LogP contribution in [0.15, 0.2) is 109 Å². The Labute approximate surface area is 851 Å². The van der Waals surface area contributed by atoms with E-state index in [4.69, 9.17) is 90.4 Å². The van der Waals surface area contributed by atoms with E-state index in [2.05, 4.69) is 36.3 Å². The molecule has 12 heterocycles. The van der Waals surface area contributed by atoms with Gasteiger partial charge in [0.2, 0.25) is 35.4 Å². The fraction of sp³-hybridized carbons (Fsp3) is 0.524. The molecule has 780 valence electrons. The minimum absolute atomic E-state index is 0.0439. The Morgan fingerprint density at radius 1 is 0.286 bits per heavy atom. The molecule has 6 aromatic carbocycles. The average molecular weight is 2080 g/mol. The summed E-state index contributed by atoms with van der Waals surface area (Å²) in [5.74, 6) is 5.33. The number of amides is 6. The van der Waals surface area contributed by atoms with Crippen LogP contribution in [0.2, 0.25) is 0 Å². The van der Waals surface area contributed by atoms with Gasteiger partial charge in [0.25, 0.3) is 0 Å². The number of benzene rings is 6. The molecule has 12 aliphatic rings. The standard InChI is InChI=1S/C35H40N3O10P.2C34H39N4O10P/c1-6-22-11-13-26-24(17-22)30(37-15-7-9-28(37)39)32(34(2,3)47-26)43-20-45-49(41,42)46-21-44-33-31(38-16-8-10-29(38)40)25-18-23(19-36)12-14-27(25)48-35(33,4)5;2*1-33(2)31(29(37-13-5-7-27(37)39)23-15-21(17-35)9-11-25(23)47-33)43-19-45-49(41,42)46-20-44-32-30(38-14-6-8-28(38)40)24-16-22(18-36)10-12-26(24)48-34(32,3)4/h1,11-14,17-18,30-33H,7-10,15-16,20-21H2,2-5H3,(H,41,42);2*9-12,15-16,29-32H,5-8,13-14,19-20H2,1-4H3,(H,41,42). The largest absolute Gasteiger partial charge is 0.485 e. The van der Waals surface area contributed by atoms with E-state index in [1.807, 2.05) is 0 Å². The Kier molecular flexibility index (Phi) is 31.8. The predicted molar refractivity (Wildman–Crippen MR) is 515 cm³/mol. The van der Waals surface area contributed by atoms with Crippen LogP contribution in [0.5, 0.6) is 34.5 Å². The molecule has 0 spiro atoms. The van der Waals surface area contributed by atoms with E-state index < -0.39 is 171 Å². The number of carbonyl (C=O) groups excluding carboxylic acids is 6. The van der Waals surface area contributed by atoms with Gasteiger partial charge in [-0.05, 0) is 231 Å². The van der Waals surface area contributed by atoms with Crippen molar-refractivity contribution in [2.24, 2.45) is 0 Å². The number of fused-ring (bicyclic) bond motifs is 6. The van der Waals surface area contributed by atoms with Crippen molar-refractivity contribution in [3.05, 3.63) is 176 Å². The number of carbonyl (C=O) groups is 6. The summed E-state index contributed by atoms with van der Waals surface area (Å²) in [6.45, 7) is 20.2. The van der Waals surface area contributed by atoms with Gasteiger partial charge in [0.15, 0.2) is 40.8 Å². The van der Waals surface area contributed by atoms with Crippen molar-refractivity contribution in [1.29, 1.82) is 26.3 Å². The van der Waals surface area contributed by atoms with Crippen LogP contribution in [0.4, 0.5) is 0 Å². The molecule has 12 aliphatic heterocycles. The molecule has 18 rings (SSSR count). The summed E-state index contributed by atoms with van der Waals surface area (Å²) >= 11 is 0. The highest BCUT2D eigenvalue weighted by Gasteiger charge is 2.58. The Morgan fingerprint density at radius 2 is 0.435 bits per heavy atom. The van der Waals surface area contributed by atoms with Crippen molar-refractivity contribution < 1.29 is 141 Å². The van der Waals surface area contributed by atoms with Gasteiger partial charge in [0.1, 0.15) is 105 Å². The third kappa shape index (κ3) is 23.1. The topological polar surface area (TPSA) is 519 Å². The lowest BCUT2D eigenvalue weighted by atomic mass is 9.84. The molecule has 147 heavy (non-hydrogen) atoms. The quantitative estimate of drug-likeness (QED) is 0.0214. The van der Waals surface area contributed by atoms with Crippen molar-refractivity contribution in [3.63, 3.8) is 0 Å². The average Bonchev–Trinajstić information content (AvgIpc) is 1.01. The van der Waals surface area contributed by atoms with Crippen molar-refractivity contribution in [1.82, 2.24) is 29.4 Å². The molecular formula is C103H118N11O30P3. The molecule has 13 atom stereocenters. The van der Waals surface area contributed by atoms with E-state index in [1.54, 1.807) is 222 Å². The summed E-state index contributed by atoms with van der Waals surface area (Å²) in [7, 11) is -14.3. The molecule has 0 aliphatic carbocycles. The summed E-state index contributed by atoms with van der Waals surface area (Å²) < 4.78 is 144. The zero-order valence-corrected chi connectivity index (χ0v) is 86.2. The van der Waals surface area contributed by atoms with Crippen LogP contribution in [0, 0.1) is 69.0 Å². The smallest absolute Gasteiger partial charge is 0.476 e. The summed E-state index contributed by atoms with van der Waals surface area (Å²) in [5.41, 5.74) is 0.263. The normalized spacial score (nSPS) is 26.5. The Bertz CT molecular complexity index is 5540. The van der Waals surface area contributed by atoms with Crippen molar-refractivity contribution in [3.8, 4) is 77.2 Å². The van der Waals surface area contributed by atoms with Crippen LogP contribution in [0.25, 0.3) is 0 Å². The third-order valence-electron chi connectivity index (χ3n) is 28.3. The number of hydrogen-bond acceptors (Lipinski definition) is 32. The highest BCUT2D eigenvalue weighted by molar-refractivity contribution is 7.47. The molecule has 13 unspecified atom stereocenters. The zero-order valence-electron chi connectivity index (χ0n) is 83.5. The van der Waals surface area contributed by atoms with Gasteiger partial charge in [-0.1, -0.05) is 5.92 Å². The highest BCUT2D eigenvalue weighted by atomic mass is 31.2. The van der Waals surface area contributed by atoms with Crippen LogP contribution in [0.1, 0.15) is 263 Å². The molecule has 0 bridgehead atoms. The first-order valence-corrected chi connectivity index (χ1v) is 53.0. The molecule has 0 saturated carbocycles. The molecule has 6 amide bonds. The van der Waals surface area contributed by atoms with Gasteiger partial charge in [0, 0.05) is 117 Å². The van der Waals surface area contributed by atoms with E-state index in [9.17, 15) is 83.5 Å². The van der Waals surface area contributed by atoms with E-state index >= 15 is 0 Å². The molecule has 0 aromatic heterocycles. The second-order valence-electron chi connectivity index (χ2n) is 40.7. The maximum atomic E-state index is 13.1. The maximum Gasteiger partial charge on any atom is 0.476 e. The van der Waals surface area contributed by atoms with E-state index in [0.717, 1.165) is 0 Å². The second kappa shape index (κ2) is 43.3. The summed E-state index contributed by atoms with van der Waals surface area (Å²) in [6, 6.07) is 37.1. The minimum atomic E-state index is -4.76. The zero-order chi connectivity index (χ0) is 105. The fourth-order valence-electron chi connectivity index (χ4n) is 21.6. The van der Waals surface area contributed by atoms with Crippen LogP contribution in [-0.4, -0.2) is 230 Å². The maximum absolute atomic E-state index is 13.1. The third-order valence-corrected chi connectivity index (χ3v) is 30.9. The SMILES string of the molecule is C#Cc1ccc2c(c1)C(N1CCCC1=O)C(OCOP(=O)(O)OCOC1C(N3CCCC3=O)c3cc(C#N)ccc3OC1(C)C)C(C)(C)O2.CC1(C)Oc2ccc(C#N)cc2C(N2CCCC2=O)C1OCOP(=O)(O)OCOC1C(N2CCCC2=O)c2cc(C#N)ccc2OC1(C)C.CC1(C)Oc2ccc(C#N)cc2C(N2CCCC2=O)C1OCOP(=O)(O)OCOC1C(N2CCCC2=O)c2cc(C#N)ccc2OC1(C)C. The van der Waals surface area contributed by atoms with Crippen molar-refractivity contribution in [2.75, 3.05) is 80.0 Å². The first-order valence-electron chi connectivity index (χ1n) is 48.5. The van der Waals surface area contributed by atoms with Crippen LogP contribution in [0.3, 0.4) is 0 Å². The van der Waals surface area contributed by atoms with Crippen molar-refractivity contribution >= 4 is 58.9 Å². The number of nitrogens with zero attached hydrogens (tertiary/aromatic N) is 11.